The lowest BCUT2D eigenvalue weighted by Gasteiger charge is -2.49. The van der Waals surface area contributed by atoms with Gasteiger partial charge in [-0.3, -0.25) is 9.69 Å². The van der Waals surface area contributed by atoms with Crippen LogP contribution in [-0.2, 0) is 17.4 Å². The van der Waals surface area contributed by atoms with Crippen molar-refractivity contribution in [1.29, 1.82) is 0 Å². The van der Waals surface area contributed by atoms with Crippen LogP contribution in [0.1, 0.15) is 24.0 Å². The van der Waals surface area contributed by atoms with E-state index in [1.54, 1.807) is 6.07 Å². The molecule has 2 saturated heterocycles. The fourth-order valence-corrected chi connectivity index (χ4v) is 5.85. The van der Waals surface area contributed by atoms with Crippen molar-refractivity contribution < 1.29 is 22.7 Å². The number of para-hydroxylation sites is 1. The summed E-state index contributed by atoms with van der Waals surface area (Å²) in [6.07, 6.45) is -1.72. The number of hydrogen-bond acceptors (Lipinski definition) is 5. The van der Waals surface area contributed by atoms with Gasteiger partial charge in [-0.2, -0.15) is 13.2 Å². The molecular formula is C28H35F3N4O2. The summed E-state index contributed by atoms with van der Waals surface area (Å²) in [6, 6.07) is 13.5. The van der Waals surface area contributed by atoms with Crippen molar-refractivity contribution in [2.45, 2.75) is 31.5 Å². The van der Waals surface area contributed by atoms with E-state index in [9.17, 15) is 18.0 Å². The molecule has 9 heteroatoms. The van der Waals surface area contributed by atoms with E-state index in [4.69, 9.17) is 4.74 Å². The molecule has 2 aromatic rings. The van der Waals surface area contributed by atoms with E-state index in [0.29, 0.717) is 38.2 Å². The van der Waals surface area contributed by atoms with Crippen molar-refractivity contribution in [3.63, 3.8) is 0 Å². The first kappa shape index (κ1) is 25.9. The number of carbonyl (C=O) groups is 1. The summed E-state index contributed by atoms with van der Waals surface area (Å²) in [5.41, 5.74) is 0.764. The number of amides is 1. The summed E-state index contributed by atoms with van der Waals surface area (Å²) >= 11 is 0. The van der Waals surface area contributed by atoms with Gasteiger partial charge in [-0.15, -0.1) is 0 Å². The van der Waals surface area contributed by atoms with Gasteiger partial charge in [0.05, 0.1) is 17.5 Å². The average molecular weight is 517 g/mol. The van der Waals surface area contributed by atoms with Gasteiger partial charge in [0, 0.05) is 45.0 Å². The Bertz CT molecular complexity index is 1060. The smallest absolute Gasteiger partial charge is 0.416 e. The lowest BCUT2D eigenvalue weighted by atomic mass is 9.82. The van der Waals surface area contributed by atoms with Gasteiger partial charge in [-0.1, -0.05) is 18.2 Å². The molecule has 2 atom stereocenters. The van der Waals surface area contributed by atoms with Crippen LogP contribution in [0.15, 0.2) is 48.5 Å². The number of halogens is 3. The summed E-state index contributed by atoms with van der Waals surface area (Å²) in [5, 5.41) is 3.09. The second kappa shape index (κ2) is 11.3. The van der Waals surface area contributed by atoms with Crippen LogP contribution in [-0.4, -0.2) is 80.7 Å². The third-order valence-corrected chi connectivity index (χ3v) is 7.81. The van der Waals surface area contributed by atoms with Crippen LogP contribution in [0, 0.1) is 5.92 Å². The third kappa shape index (κ3) is 6.21. The van der Waals surface area contributed by atoms with Crippen molar-refractivity contribution in [2.75, 3.05) is 63.9 Å². The normalized spacial score (nSPS) is 22.4. The molecule has 0 radical (unpaired) electrons. The van der Waals surface area contributed by atoms with Crippen molar-refractivity contribution in [1.82, 2.24) is 15.1 Å². The number of alkyl halides is 3. The zero-order valence-corrected chi connectivity index (χ0v) is 21.1. The molecule has 1 N–H and O–H groups in total. The maximum Gasteiger partial charge on any atom is 0.416 e. The highest BCUT2D eigenvalue weighted by molar-refractivity contribution is 5.82. The highest BCUT2D eigenvalue weighted by Gasteiger charge is 2.42. The van der Waals surface area contributed by atoms with Gasteiger partial charge in [0.1, 0.15) is 12.4 Å². The highest BCUT2D eigenvalue weighted by atomic mass is 19.4. The zero-order chi connectivity index (χ0) is 25.8. The summed E-state index contributed by atoms with van der Waals surface area (Å²) in [4.78, 5) is 20.2. The molecule has 200 valence electrons. The van der Waals surface area contributed by atoms with Crippen LogP contribution in [0.2, 0.25) is 0 Å². The van der Waals surface area contributed by atoms with Crippen molar-refractivity contribution in [2.24, 2.45) is 5.92 Å². The summed E-state index contributed by atoms with van der Waals surface area (Å²) in [5.74, 6) is 0.343. The fourth-order valence-electron chi connectivity index (χ4n) is 5.85. The molecule has 0 aromatic heterocycles. The Balaban J connectivity index is 1.28. The minimum absolute atomic E-state index is 0.0698. The van der Waals surface area contributed by atoms with Crippen LogP contribution < -0.4 is 15.0 Å². The van der Waals surface area contributed by atoms with Crippen molar-refractivity contribution >= 4 is 11.6 Å². The van der Waals surface area contributed by atoms with Gasteiger partial charge >= 0.3 is 6.18 Å². The number of nitrogens with zero attached hydrogens (tertiary/aromatic N) is 3. The molecule has 3 heterocycles. The van der Waals surface area contributed by atoms with E-state index in [2.05, 4.69) is 20.0 Å². The Morgan fingerprint density at radius 1 is 0.973 bits per heavy atom. The van der Waals surface area contributed by atoms with E-state index in [0.717, 1.165) is 50.2 Å². The lowest BCUT2D eigenvalue weighted by Crippen LogP contribution is -2.61. The summed E-state index contributed by atoms with van der Waals surface area (Å²) < 4.78 is 46.2. The van der Waals surface area contributed by atoms with E-state index in [1.165, 1.54) is 18.9 Å². The SMILES string of the molecule is O=C(NCCN1CCCC1)[C@@H]1Cc2cc(C(F)(F)F)ccc2N2CCN(CCOc3ccccc3)C[C@@H]12. The first-order valence-corrected chi connectivity index (χ1v) is 13.3. The van der Waals surface area contributed by atoms with Gasteiger partial charge < -0.3 is 19.9 Å². The summed E-state index contributed by atoms with van der Waals surface area (Å²) in [7, 11) is 0. The number of hydrogen-bond donors (Lipinski definition) is 1. The monoisotopic (exact) mass is 516 g/mol. The molecule has 3 aliphatic rings. The van der Waals surface area contributed by atoms with Gasteiger partial charge in [0.2, 0.25) is 5.91 Å². The Morgan fingerprint density at radius 3 is 2.51 bits per heavy atom. The Hall–Kier alpha value is -2.78. The molecule has 0 bridgehead atoms. The molecule has 1 amide bonds. The fraction of sp³-hybridized carbons (Fsp3) is 0.536. The number of carbonyl (C=O) groups excluding carboxylic acids is 1. The van der Waals surface area contributed by atoms with Crippen LogP contribution in [0.25, 0.3) is 0 Å². The second-order valence-corrected chi connectivity index (χ2v) is 10.2. The standard InChI is InChI=1S/C28H35F3N4O2/c29-28(30,31)22-8-9-25-21(18-22)19-24(27(36)32-10-13-33-11-4-5-12-33)26-20-34(14-15-35(25)26)16-17-37-23-6-2-1-3-7-23/h1-3,6-9,18,24,26H,4-5,10-17,19-20H2,(H,32,36)/t24-,26+/m1/s1. The Kier molecular flexibility index (Phi) is 7.90. The minimum Gasteiger partial charge on any atom is -0.492 e. The van der Waals surface area contributed by atoms with E-state index >= 15 is 0 Å². The number of benzene rings is 2. The van der Waals surface area contributed by atoms with Crippen LogP contribution >= 0.6 is 0 Å². The highest BCUT2D eigenvalue weighted by Crippen LogP contribution is 2.39. The molecule has 3 aliphatic heterocycles. The predicted molar refractivity (Wildman–Crippen MR) is 137 cm³/mol. The van der Waals surface area contributed by atoms with Gasteiger partial charge in [0.15, 0.2) is 0 Å². The van der Waals surface area contributed by atoms with E-state index in [1.807, 2.05) is 30.3 Å². The Morgan fingerprint density at radius 2 is 1.76 bits per heavy atom. The number of ether oxygens (including phenoxy) is 1. The number of piperazine rings is 1. The second-order valence-electron chi connectivity index (χ2n) is 10.2. The van der Waals surface area contributed by atoms with Crippen LogP contribution in [0.3, 0.4) is 0 Å². The number of nitrogens with one attached hydrogen (secondary N) is 1. The topological polar surface area (TPSA) is 48.1 Å². The third-order valence-electron chi connectivity index (χ3n) is 7.81. The zero-order valence-electron chi connectivity index (χ0n) is 21.1. The van der Waals surface area contributed by atoms with E-state index < -0.39 is 17.7 Å². The quantitative estimate of drug-likeness (QED) is 0.581. The average Bonchev–Trinajstić information content (AvgIpc) is 3.41. The van der Waals surface area contributed by atoms with Gasteiger partial charge in [-0.25, -0.2) is 0 Å². The van der Waals surface area contributed by atoms with Crippen LogP contribution in [0.4, 0.5) is 18.9 Å². The number of fused-ring (bicyclic) bond motifs is 3. The molecule has 2 aromatic carbocycles. The first-order valence-electron chi connectivity index (χ1n) is 13.3. The maximum atomic E-state index is 13.4. The van der Waals surface area contributed by atoms with Crippen molar-refractivity contribution in [3.8, 4) is 5.75 Å². The van der Waals surface area contributed by atoms with Crippen molar-refractivity contribution in [3.05, 3.63) is 59.7 Å². The minimum atomic E-state index is -4.41. The number of anilines is 1. The molecule has 37 heavy (non-hydrogen) atoms. The number of likely N-dealkylation sites (tertiary alicyclic amines) is 1. The Labute approximate surface area is 216 Å². The lowest BCUT2D eigenvalue weighted by molar-refractivity contribution is -0.137. The van der Waals surface area contributed by atoms with E-state index in [-0.39, 0.29) is 11.9 Å². The molecule has 2 fully saturated rings. The molecule has 0 aliphatic carbocycles. The first-order chi connectivity index (χ1) is 17.9. The molecule has 5 rings (SSSR count). The summed E-state index contributed by atoms with van der Waals surface area (Å²) in [6.45, 7) is 6.84. The van der Waals surface area contributed by atoms with Crippen LogP contribution in [0.5, 0.6) is 5.75 Å². The van der Waals surface area contributed by atoms with Gasteiger partial charge in [-0.05, 0) is 68.2 Å². The molecule has 0 unspecified atom stereocenters. The molecule has 0 saturated carbocycles. The molecule has 6 nitrogen and oxygen atoms in total. The molecule has 0 spiro atoms. The maximum absolute atomic E-state index is 13.4. The van der Waals surface area contributed by atoms with Gasteiger partial charge in [0.25, 0.3) is 0 Å². The number of rotatable bonds is 8. The molecular weight excluding hydrogens is 481 g/mol. The predicted octanol–water partition coefficient (Wildman–Crippen LogP) is 3.66. The largest absolute Gasteiger partial charge is 0.492 e.